The number of ether oxygens (including phenoxy) is 1. The fourth-order valence-corrected chi connectivity index (χ4v) is 2.00. The Morgan fingerprint density at radius 1 is 1.23 bits per heavy atom. The monoisotopic (exact) mass is 297 g/mol. The second-order valence-electron chi connectivity index (χ2n) is 4.61. The first-order valence-electron chi connectivity index (χ1n) is 6.91. The maximum absolute atomic E-state index is 11.6. The standard InChI is InChI=1S/C15H15N5O2/c1-2-22-9-15(21)17-12-5-3-11(4-6-12)13-7-8-14-18-16-10-20(14)19-13/h3-8,10H,2,9H2,1H3,(H,17,21). The molecule has 1 N–H and O–H groups in total. The smallest absolute Gasteiger partial charge is 0.250 e. The number of fused-ring (bicyclic) bond motifs is 1. The molecule has 22 heavy (non-hydrogen) atoms. The average molecular weight is 297 g/mol. The molecule has 2 aromatic heterocycles. The van der Waals surface area contributed by atoms with E-state index in [0.29, 0.717) is 12.3 Å². The Morgan fingerprint density at radius 2 is 2.05 bits per heavy atom. The number of hydrogen-bond acceptors (Lipinski definition) is 5. The lowest BCUT2D eigenvalue weighted by Gasteiger charge is -2.06. The number of aromatic nitrogens is 4. The van der Waals surface area contributed by atoms with Crippen LogP contribution in [0.1, 0.15) is 6.92 Å². The molecule has 0 radical (unpaired) electrons. The molecule has 2 heterocycles. The Balaban J connectivity index is 1.74. The third-order valence-electron chi connectivity index (χ3n) is 3.06. The average Bonchev–Trinajstić information content (AvgIpc) is 3.01. The van der Waals surface area contributed by atoms with Crippen LogP contribution in [0.3, 0.4) is 0 Å². The molecule has 0 saturated carbocycles. The molecule has 1 aromatic carbocycles. The summed E-state index contributed by atoms with van der Waals surface area (Å²) in [4.78, 5) is 11.6. The van der Waals surface area contributed by atoms with Crippen molar-refractivity contribution in [2.45, 2.75) is 6.92 Å². The van der Waals surface area contributed by atoms with Gasteiger partial charge in [-0.3, -0.25) is 4.79 Å². The zero-order valence-electron chi connectivity index (χ0n) is 12.1. The van der Waals surface area contributed by atoms with Gasteiger partial charge >= 0.3 is 0 Å². The van der Waals surface area contributed by atoms with Crippen LogP contribution in [0, 0.1) is 0 Å². The number of rotatable bonds is 5. The Hall–Kier alpha value is -2.80. The van der Waals surface area contributed by atoms with E-state index in [1.807, 2.05) is 43.3 Å². The highest BCUT2D eigenvalue weighted by Gasteiger charge is 2.05. The molecule has 1 amide bonds. The van der Waals surface area contributed by atoms with Crippen molar-refractivity contribution in [2.75, 3.05) is 18.5 Å². The van der Waals surface area contributed by atoms with Gasteiger partial charge < -0.3 is 10.1 Å². The van der Waals surface area contributed by atoms with Crippen molar-refractivity contribution in [3.8, 4) is 11.3 Å². The Kier molecular flexibility index (Phi) is 4.06. The van der Waals surface area contributed by atoms with Gasteiger partial charge in [0.1, 0.15) is 12.9 Å². The largest absolute Gasteiger partial charge is 0.372 e. The zero-order chi connectivity index (χ0) is 15.4. The molecule has 0 aliphatic carbocycles. The minimum absolute atomic E-state index is 0.0596. The first-order chi connectivity index (χ1) is 10.8. The highest BCUT2D eigenvalue weighted by atomic mass is 16.5. The van der Waals surface area contributed by atoms with Crippen LogP contribution in [0.4, 0.5) is 5.69 Å². The summed E-state index contributed by atoms with van der Waals surface area (Å²) in [6.45, 7) is 2.43. The molecule has 3 rings (SSSR count). The van der Waals surface area contributed by atoms with E-state index in [0.717, 1.165) is 16.9 Å². The van der Waals surface area contributed by atoms with Crippen LogP contribution < -0.4 is 5.32 Å². The molecule has 112 valence electrons. The predicted molar refractivity (Wildman–Crippen MR) is 81.3 cm³/mol. The Bertz CT molecular complexity index is 782. The third-order valence-corrected chi connectivity index (χ3v) is 3.06. The SMILES string of the molecule is CCOCC(=O)Nc1ccc(-c2ccc3nncn3n2)cc1. The van der Waals surface area contributed by atoms with E-state index >= 15 is 0 Å². The van der Waals surface area contributed by atoms with Gasteiger partial charge in [-0.2, -0.15) is 9.61 Å². The van der Waals surface area contributed by atoms with Crippen LogP contribution in [0.2, 0.25) is 0 Å². The van der Waals surface area contributed by atoms with Crippen LogP contribution in [-0.2, 0) is 9.53 Å². The second-order valence-corrected chi connectivity index (χ2v) is 4.61. The van der Waals surface area contributed by atoms with E-state index in [1.54, 1.807) is 10.8 Å². The fourth-order valence-electron chi connectivity index (χ4n) is 2.00. The van der Waals surface area contributed by atoms with E-state index in [1.165, 1.54) is 0 Å². The van der Waals surface area contributed by atoms with Gasteiger partial charge in [-0.05, 0) is 31.2 Å². The lowest BCUT2D eigenvalue weighted by molar-refractivity contribution is -0.120. The van der Waals surface area contributed by atoms with E-state index in [-0.39, 0.29) is 12.5 Å². The van der Waals surface area contributed by atoms with E-state index < -0.39 is 0 Å². The number of carbonyl (C=O) groups excluding carboxylic acids is 1. The summed E-state index contributed by atoms with van der Waals surface area (Å²) in [5, 5.41) is 14.9. The molecule has 3 aromatic rings. The second kappa shape index (κ2) is 6.31. The zero-order valence-corrected chi connectivity index (χ0v) is 12.1. The number of carbonyl (C=O) groups is 1. The van der Waals surface area contributed by atoms with Gasteiger partial charge in [0, 0.05) is 17.9 Å². The van der Waals surface area contributed by atoms with E-state index in [2.05, 4.69) is 20.6 Å². The molecule has 0 aliphatic heterocycles. The van der Waals surface area contributed by atoms with Gasteiger partial charge in [0.2, 0.25) is 5.91 Å². The summed E-state index contributed by atoms with van der Waals surface area (Å²) in [5.41, 5.74) is 3.17. The molecule has 0 fully saturated rings. The normalized spacial score (nSPS) is 10.8. The lowest BCUT2D eigenvalue weighted by Crippen LogP contribution is -2.18. The molecule has 0 atom stereocenters. The van der Waals surface area contributed by atoms with Gasteiger partial charge in [-0.25, -0.2) is 0 Å². The van der Waals surface area contributed by atoms with Gasteiger partial charge in [0.15, 0.2) is 5.65 Å². The number of benzene rings is 1. The lowest BCUT2D eigenvalue weighted by atomic mass is 10.1. The number of amides is 1. The van der Waals surface area contributed by atoms with Gasteiger partial charge in [-0.15, -0.1) is 10.2 Å². The number of hydrogen-bond donors (Lipinski definition) is 1. The topological polar surface area (TPSA) is 81.4 Å². The third kappa shape index (κ3) is 3.09. The Labute approximate surface area is 126 Å². The van der Waals surface area contributed by atoms with Gasteiger partial charge in [0.05, 0.1) is 5.69 Å². The first kappa shape index (κ1) is 14.2. The van der Waals surface area contributed by atoms with E-state index in [9.17, 15) is 4.79 Å². The molecule has 0 spiro atoms. The summed E-state index contributed by atoms with van der Waals surface area (Å²) >= 11 is 0. The van der Waals surface area contributed by atoms with Crippen LogP contribution >= 0.6 is 0 Å². The quantitative estimate of drug-likeness (QED) is 0.776. The highest BCUT2D eigenvalue weighted by Crippen LogP contribution is 2.19. The van der Waals surface area contributed by atoms with Crippen molar-refractivity contribution in [3.63, 3.8) is 0 Å². The molecular weight excluding hydrogens is 282 g/mol. The summed E-state index contributed by atoms with van der Waals surface area (Å²) in [6, 6.07) is 11.2. The molecule has 0 bridgehead atoms. The van der Waals surface area contributed by atoms with Crippen molar-refractivity contribution in [1.29, 1.82) is 0 Å². The molecule has 0 aliphatic rings. The fraction of sp³-hybridized carbons (Fsp3) is 0.200. The van der Waals surface area contributed by atoms with Gasteiger partial charge in [0.25, 0.3) is 0 Å². The molecule has 7 nitrogen and oxygen atoms in total. The van der Waals surface area contributed by atoms with Crippen molar-refractivity contribution in [2.24, 2.45) is 0 Å². The molecule has 0 unspecified atom stereocenters. The summed E-state index contributed by atoms with van der Waals surface area (Å²) in [7, 11) is 0. The molecule has 0 saturated heterocycles. The van der Waals surface area contributed by atoms with E-state index in [4.69, 9.17) is 4.74 Å². The molecular formula is C15H15N5O2. The Morgan fingerprint density at radius 3 is 2.82 bits per heavy atom. The van der Waals surface area contributed by atoms with Crippen molar-refractivity contribution >= 4 is 17.2 Å². The van der Waals surface area contributed by atoms with Crippen LogP contribution in [0.5, 0.6) is 0 Å². The molecule has 7 heteroatoms. The number of nitrogens with one attached hydrogen (secondary N) is 1. The van der Waals surface area contributed by atoms with Crippen molar-refractivity contribution in [1.82, 2.24) is 19.8 Å². The van der Waals surface area contributed by atoms with Crippen molar-refractivity contribution < 1.29 is 9.53 Å². The summed E-state index contributed by atoms with van der Waals surface area (Å²) < 4.78 is 6.68. The minimum Gasteiger partial charge on any atom is -0.372 e. The maximum Gasteiger partial charge on any atom is 0.250 e. The highest BCUT2D eigenvalue weighted by molar-refractivity contribution is 5.91. The van der Waals surface area contributed by atoms with Crippen LogP contribution in [0.25, 0.3) is 16.9 Å². The van der Waals surface area contributed by atoms with Gasteiger partial charge in [-0.1, -0.05) is 12.1 Å². The summed E-state index contributed by atoms with van der Waals surface area (Å²) in [6.07, 6.45) is 1.56. The van der Waals surface area contributed by atoms with Crippen molar-refractivity contribution in [3.05, 3.63) is 42.7 Å². The number of anilines is 1. The first-order valence-corrected chi connectivity index (χ1v) is 6.91. The van der Waals surface area contributed by atoms with Crippen LogP contribution in [-0.4, -0.2) is 38.9 Å². The van der Waals surface area contributed by atoms with Crippen LogP contribution in [0.15, 0.2) is 42.7 Å². The maximum atomic E-state index is 11.6. The predicted octanol–water partition coefficient (Wildman–Crippen LogP) is 1.77. The minimum atomic E-state index is -0.168. The summed E-state index contributed by atoms with van der Waals surface area (Å²) in [5.74, 6) is -0.168. The number of nitrogens with zero attached hydrogens (tertiary/aromatic N) is 4.